The molecule has 1 aliphatic rings. The van der Waals surface area contributed by atoms with Gasteiger partial charge in [0.05, 0.1) is 6.04 Å². The summed E-state index contributed by atoms with van der Waals surface area (Å²) in [7, 11) is 0. The van der Waals surface area contributed by atoms with Crippen LogP contribution in [0.5, 0.6) is 0 Å². The van der Waals surface area contributed by atoms with Gasteiger partial charge in [0.15, 0.2) is 0 Å². The number of benzene rings is 3. The van der Waals surface area contributed by atoms with Crippen LogP contribution >= 0.6 is 0 Å². The van der Waals surface area contributed by atoms with Gasteiger partial charge in [-0.3, -0.25) is 9.36 Å². The smallest absolute Gasteiger partial charge is 0.253 e. The number of rotatable bonds is 6. The van der Waals surface area contributed by atoms with Crippen molar-refractivity contribution in [3.8, 4) is 0 Å². The summed E-state index contributed by atoms with van der Waals surface area (Å²) in [6, 6.07) is 31.6. The summed E-state index contributed by atoms with van der Waals surface area (Å²) in [6.45, 7) is 2.23. The van der Waals surface area contributed by atoms with Crippen molar-refractivity contribution in [3.63, 3.8) is 0 Å². The molecule has 0 unspecified atom stereocenters. The minimum Gasteiger partial charge on any atom is -0.372 e. The van der Waals surface area contributed by atoms with Gasteiger partial charge in [-0.15, -0.1) is 0 Å². The van der Waals surface area contributed by atoms with Gasteiger partial charge in [0.2, 0.25) is 5.95 Å². The van der Waals surface area contributed by atoms with E-state index in [1.54, 1.807) is 22.9 Å². The quantitative estimate of drug-likeness (QED) is 0.311. The molecule has 0 bridgehead atoms. The van der Waals surface area contributed by atoms with Crippen LogP contribution in [0.3, 0.4) is 0 Å². The van der Waals surface area contributed by atoms with Crippen LogP contribution in [-0.2, 0) is 0 Å². The molecule has 6 heteroatoms. The molecule has 1 saturated heterocycles. The number of pyridine rings is 1. The average Bonchev–Trinajstić information content (AvgIpc) is 2.96. The average molecular weight is 488 g/mol. The minimum atomic E-state index is -0.315. The van der Waals surface area contributed by atoms with E-state index >= 15 is 0 Å². The molecule has 1 N–H and O–H groups in total. The van der Waals surface area contributed by atoms with Gasteiger partial charge in [-0.1, -0.05) is 60.7 Å². The number of fused-ring (bicyclic) bond motifs is 1. The van der Waals surface area contributed by atoms with E-state index in [9.17, 15) is 4.79 Å². The molecule has 1 fully saturated rings. The maximum Gasteiger partial charge on any atom is 0.253 e. The molecular weight excluding hydrogens is 458 g/mol. The Morgan fingerprint density at radius 2 is 1.38 bits per heavy atom. The van der Waals surface area contributed by atoms with Gasteiger partial charge in [-0.05, 0) is 60.7 Å². The Morgan fingerprint density at radius 1 is 0.730 bits per heavy atom. The van der Waals surface area contributed by atoms with Crippen molar-refractivity contribution < 1.29 is 0 Å². The Labute approximate surface area is 216 Å². The van der Waals surface area contributed by atoms with E-state index in [0.29, 0.717) is 11.6 Å². The van der Waals surface area contributed by atoms with Crippen molar-refractivity contribution >= 4 is 28.4 Å². The predicted octanol–water partition coefficient (Wildman–Crippen LogP) is 6.16. The Kier molecular flexibility index (Phi) is 6.38. The molecule has 1 aliphatic heterocycles. The maximum atomic E-state index is 13.4. The molecule has 5 aromatic rings. The van der Waals surface area contributed by atoms with E-state index in [1.165, 1.54) is 24.9 Å². The molecular formula is C31H29N5O. The summed E-state index contributed by atoms with van der Waals surface area (Å²) in [5.41, 5.74) is 4.67. The molecule has 0 atom stereocenters. The van der Waals surface area contributed by atoms with Crippen LogP contribution in [0.1, 0.15) is 36.4 Å². The van der Waals surface area contributed by atoms with E-state index < -0.39 is 0 Å². The summed E-state index contributed by atoms with van der Waals surface area (Å²) in [4.78, 5) is 25.2. The van der Waals surface area contributed by atoms with Crippen molar-refractivity contribution in [2.75, 3.05) is 23.3 Å². The number of nitrogens with zero attached hydrogens (tertiary/aromatic N) is 4. The summed E-state index contributed by atoms with van der Waals surface area (Å²) < 4.78 is 1.77. The first kappa shape index (κ1) is 23.0. The van der Waals surface area contributed by atoms with Gasteiger partial charge >= 0.3 is 0 Å². The zero-order valence-electron chi connectivity index (χ0n) is 20.6. The highest BCUT2D eigenvalue weighted by molar-refractivity contribution is 5.76. The molecule has 0 amide bonds. The van der Waals surface area contributed by atoms with Crippen LogP contribution in [0.25, 0.3) is 11.0 Å². The third-order valence-corrected chi connectivity index (χ3v) is 7.00. The number of hydrogen-bond donors (Lipinski definition) is 1. The molecule has 2 aromatic heterocycles. The molecule has 6 rings (SSSR count). The second kappa shape index (κ2) is 10.3. The maximum absolute atomic E-state index is 13.4. The van der Waals surface area contributed by atoms with Crippen molar-refractivity contribution in [3.05, 3.63) is 125 Å². The number of piperidine rings is 1. The molecule has 0 radical (unpaired) electrons. The first-order valence-electron chi connectivity index (χ1n) is 12.9. The topological polar surface area (TPSA) is 63.1 Å². The number of aromatic nitrogens is 3. The number of anilines is 3. The van der Waals surface area contributed by atoms with E-state index in [4.69, 9.17) is 4.98 Å². The van der Waals surface area contributed by atoms with Crippen LogP contribution in [0.15, 0.2) is 108 Å². The standard InChI is InChI=1S/C31H29N5O/c37-28-19-14-25-22-32-31(33-26-15-17-27(18-16-26)35-20-8-3-9-21-35)34-30(25)36(28)29(23-10-4-1-5-11-23)24-12-6-2-7-13-24/h1-2,4-7,10-19,22,29H,3,8-9,20-21H2,(H,32,33,34). The molecule has 0 saturated carbocycles. The molecule has 184 valence electrons. The Hall–Kier alpha value is -4.45. The van der Waals surface area contributed by atoms with Crippen LogP contribution < -0.4 is 15.8 Å². The second-order valence-electron chi connectivity index (χ2n) is 9.46. The highest BCUT2D eigenvalue weighted by atomic mass is 16.1. The summed E-state index contributed by atoms with van der Waals surface area (Å²) in [5.74, 6) is 0.456. The lowest BCUT2D eigenvalue weighted by atomic mass is 9.98. The SMILES string of the molecule is O=c1ccc2cnc(Nc3ccc(N4CCCCC4)cc3)nc2n1C(c1ccccc1)c1ccccc1. The first-order valence-corrected chi connectivity index (χ1v) is 12.9. The monoisotopic (exact) mass is 487 g/mol. The second-order valence-corrected chi connectivity index (χ2v) is 9.46. The molecule has 0 aliphatic carbocycles. The third-order valence-electron chi connectivity index (χ3n) is 7.00. The van der Waals surface area contributed by atoms with E-state index in [1.807, 2.05) is 60.7 Å². The third kappa shape index (κ3) is 4.83. The lowest BCUT2D eigenvalue weighted by Crippen LogP contribution is -2.29. The van der Waals surface area contributed by atoms with Crippen molar-refractivity contribution in [2.24, 2.45) is 0 Å². The van der Waals surface area contributed by atoms with Gasteiger partial charge in [-0.25, -0.2) is 4.98 Å². The summed E-state index contributed by atoms with van der Waals surface area (Å²) in [5, 5.41) is 4.14. The fourth-order valence-corrected chi connectivity index (χ4v) is 5.15. The lowest BCUT2D eigenvalue weighted by Gasteiger charge is -2.28. The Morgan fingerprint density at radius 3 is 2.03 bits per heavy atom. The van der Waals surface area contributed by atoms with Crippen molar-refractivity contribution in [1.29, 1.82) is 0 Å². The summed E-state index contributed by atoms with van der Waals surface area (Å²) >= 11 is 0. The van der Waals surface area contributed by atoms with Crippen LogP contribution in [0.2, 0.25) is 0 Å². The van der Waals surface area contributed by atoms with Gasteiger partial charge in [0, 0.05) is 42.1 Å². The van der Waals surface area contributed by atoms with Gasteiger partial charge in [-0.2, -0.15) is 4.98 Å². The largest absolute Gasteiger partial charge is 0.372 e. The van der Waals surface area contributed by atoms with E-state index in [2.05, 4.69) is 39.5 Å². The van der Waals surface area contributed by atoms with Gasteiger partial charge < -0.3 is 10.2 Å². The normalized spacial score (nSPS) is 13.7. The Bertz CT molecular complexity index is 1500. The van der Waals surface area contributed by atoms with Gasteiger partial charge in [0.25, 0.3) is 5.56 Å². The van der Waals surface area contributed by atoms with E-state index in [-0.39, 0.29) is 11.6 Å². The highest BCUT2D eigenvalue weighted by Gasteiger charge is 2.21. The van der Waals surface area contributed by atoms with Crippen LogP contribution in [0.4, 0.5) is 17.3 Å². The van der Waals surface area contributed by atoms with Gasteiger partial charge in [0.1, 0.15) is 5.65 Å². The summed E-state index contributed by atoms with van der Waals surface area (Å²) in [6.07, 6.45) is 5.59. The zero-order chi connectivity index (χ0) is 25.0. The molecule has 3 aromatic carbocycles. The number of nitrogens with one attached hydrogen (secondary N) is 1. The fourth-order valence-electron chi connectivity index (χ4n) is 5.15. The van der Waals surface area contributed by atoms with Crippen molar-refractivity contribution in [1.82, 2.24) is 14.5 Å². The molecule has 37 heavy (non-hydrogen) atoms. The van der Waals surface area contributed by atoms with Crippen LogP contribution in [0, 0.1) is 0 Å². The fraction of sp³-hybridized carbons (Fsp3) is 0.194. The lowest BCUT2D eigenvalue weighted by molar-refractivity contribution is 0.578. The van der Waals surface area contributed by atoms with E-state index in [0.717, 1.165) is 35.3 Å². The first-order chi connectivity index (χ1) is 18.3. The molecule has 6 nitrogen and oxygen atoms in total. The highest BCUT2D eigenvalue weighted by Crippen LogP contribution is 2.29. The number of hydrogen-bond acceptors (Lipinski definition) is 5. The molecule has 0 spiro atoms. The zero-order valence-corrected chi connectivity index (χ0v) is 20.6. The predicted molar refractivity (Wildman–Crippen MR) is 150 cm³/mol. The van der Waals surface area contributed by atoms with Crippen LogP contribution in [-0.4, -0.2) is 27.6 Å². The minimum absolute atomic E-state index is 0.110. The van der Waals surface area contributed by atoms with Crippen molar-refractivity contribution in [2.45, 2.75) is 25.3 Å². The molecule has 3 heterocycles. The Balaban J connectivity index is 1.39.